The van der Waals surface area contributed by atoms with Gasteiger partial charge in [-0.15, -0.1) is 0 Å². The number of nitrogens with one attached hydrogen (secondary N) is 1. The van der Waals surface area contributed by atoms with E-state index < -0.39 is 23.1 Å². The van der Waals surface area contributed by atoms with Crippen molar-refractivity contribution in [1.29, 1.82) is 0 Å². The van der Waals surface area contributed by atoms with Crippen molar-refractivity contribution in [3.05, 3.63) is 33.8 Å². The van der Waals surface area contributed by atoms with Crippen molar-refractivity contribution >= 4 is 21.8 Å². The average molecular weight is 347 g/mol. The van der Waals surface area contributed by atoms with Gasteiger partial charge in [-0.2, -0.15) is 0 Å². The zero-order valence-electron chi connectivity index (χ0n) is 11.3. The summed E-state index contributed by atoms with van der Waals surface area (Å²) >= 11 is 2.99. The first-order valence-corrected chi connectivity index (χ1v) is 7.44. The van der Waals surface area contributed by atoms with Crippen molar-refractivity contribution in [2.75, 3.05) is 19.6 Å². The number of benzene rings is 1. The van der Waals surface area contributed by atoms with Crippen LogP contribution in [0.3, 0.4) is 0 Å². The molecule has 1 heterocycles. The Morgan fingerprint density at radius 2 is 1.90 bits per heavy atom. The molecule has 0 aliphatic carbocycles. The summed E-state index contributed by atoms with van der Waals surface area (Å²) in [5.41, 5.74) is -0.526. The van der Waals surface area contributed by atoms with E-state index in [0.717, 1.165) is 38.1 Å². The first-order valence-electron chi connectivity index (χ1n) is 6.65. The Bertz CT molecular complexity index is 481. The molecule has 0 spiro atoms. The molecule has 3 nitrogen and oxygen atoms in total. The second-order valence-corrected chi connectivity index (χ2v) is 6.04. The summed E-state index contributed by atoms with van der Waals surface area (Å²) < 4.78 is 27.6. The third-order valence-corrected chi connectivity index (χ3v) is 3.80. The molecule has 0 radical (unpaired) electrons. The molecule has 1 amide bonds. The Kier molecular flexibility index (Phi) is 5.10. The third-order valence-electron chi connectivity index (χ3n) is 3.34. The van der Waals surface area contributed by atoms with Crippen LogP contribution in [0.5, 0.6) is 0 Å². The van der Waals surface area contributed by atoms with E-state index >= 15 is 0 Å². The van der Waals surface area contributed by atoms with Gasteiger partial charge in [0.05, 0.1) is 0 Å². The Morgan fingerprint density at radius 3 is 2.45 bits per heavy atom. The number of rotatable bonds is 4. The van der Waals surface area contributed by atoms with E-state index in [1.165, 1.54) is 0 Å². The van der Waals surface area contributed by atoms with Gasteiger partial charge in [0.2, 0.25) is 0 Å². The van der Waals surface area contributed by atoms with E-state index in [0.29, 0.717) is 6.54 Å². The van der Waals surface area contributed by atoms with Gasteiger partial charge < -0.3 is 10.2 Å². The molecule has 1 fully saturated rings. The van der Waals surface area contributed by atoms with Crippen LogP contribution in [0.1, 0.15) is 30.1 Å². The van der Waals surface area contributed by atoms with Gasteiger partial charge in [-0.05, 0) is 45.0 Å². The number of hydrogen-bond donors (Lipinski definition) is 1. The van der Waals surface area contributed by atoms with Crippen molar-refractivity contribution in [2.24, 2.45) is 0 Å². The highest BCUT2D eigenvalue weighted by molar-refractivity contribution is 9.10. The molecular weight excluding hydrogens is 330 g/mol. The number of carbonyl (C=O) groups excluding carboxylic acids is 1. The number of amides is 1. The summed E-state index contributed by atoms with van der Waals surface area (Å²) in [6.45, 7) is 4.57. The second-order valence-electron chi connectivity index (χ2n) is 5.13. The molecule has 1 atom stereocenters. The lowest BCUT2D eigenvalue weighted by Crippen LogP contribution is -2.41. The molecule has 1 saturated heterocycles. The fourth-order valence-electron chi connectivity index (χ4n) is 2.45. The normalized spacial score (nSPS) is 17.2. The molecule has 1 aliphatic heterocycles. The summed E-state index contributed by atoms with van der Waals surface area (Å²) in [6, 6.07) is 2.02. The quantitative estimate of drug-likeness (QED) is 0.908. The predicted molar refractivity (Wildman–Crippen MR) is 76.7 cm³/mol. The molecular formula is C14H17BrF2N2O. The zero-order valence-corrected chi connectivity index (χ0v) is 12.8. The lowest BCUT2D eigenvalue weighted by molar-refractivity contribution is 0.0923. The zero-order chi connectivity index (χ0) is 14.7. The van der Waals surface area contributed by atoms with Crippen LogP contribution >= 0.6 is 15.9 Å². The maximum atomic E-state index is 13.7. The molecule has 6 heteroatoms. The van der Waals surface area contributed by atoms with Crippen LogP contribution in [0.25, 0.3) is 0 Å². The first-order chi connectivity index (χ1) is 9.47. The van der Waals surface area contributed by atoms with E-state index in [2.05, 4.69) is 26.1 Å². The van der Waals surface area contributed by atoms with Gasteiger partial charge in [0.1, 0.15) is 17.2 Å². The van der Waals surface area contributed by atoms with Crippen LogP contribution in [0, 0.1) is 11.6 Å². The van der Waals surface area contributed by atoms with Gasteiger partial charge >= 0.3 is 0 Å². The molecule has 0 bridgehead atoms. The predicted octanol–water partition coefficient (Wildman–Crippen LogP) is 2.94. The van der Waals surface area contributed by atoms with Crippen molar-refractivity contribution in [2.45, 2.75) is 25.8 Å². The van der Waals surface area contributed by atoms with E-state index in [4.69, 9.17) is 0 Å². The molecule has 1 aromatic carbocycles. The van der Waals surface area contributed by atoms with Crippen LogP contribution in [-0.4, -0.2) is 36.5 Å². The number of nitrogens with zero attached hydrogens (tertiary/aromatic N) is 1. The summed E-state index contributed by atoms with van der Waals surface area (Å²) in [7, 11) is 0. The summed E-state index contributed by atoms with van der Waals surface area (Å²) in [4.78, 5) is 14.2. The van der Waals surface area contributed by atoms with Crippen LogP contribution in [0.15, 0.2) is 16.6 Å². The SMILES string of the molecule is CC(CN1CCCC1)NC(=O)c1c(F)cc(Br)cc1F. The molecule has 0 saturated carbocycles. The fourth-order valence-corrected chi connectivity index (χ4v) is 2.86. The van der Waals surface area contributed by atoms with E-state index in [9.17, 15) is 13.6 Å². The highest BCUT2D eigenvalue weighted by atomic mass is 79.9. The van der Waals surface area contributed by atoms with Gasteiger partial charge in [0.15, 0.2) is 0 Å². The largest absolute Gasteiger partial charge is 0.348 e. The molecule has 1 unspecified atom stereocenters. The monoisotopic (exact) mass is 346 g/mol. The number of hydrogen-bond acceptors (Lipinski definition) is 2. The van der Waals surface area contributed by atoms with Crippen LogP contribution < -0.4 is 5.32 Å². The van der Waals surface area contributed by atoms with Gasteiger partial charge in [0.25, 0.3) is 5.91 Å². The Hall–Kier alpha value is -1.01. The Morgan fingerprint density at radius 1 is 1.35 bits per heavy atom. The summed E-state index contributed by atoms with van der Waals surface area (Å²) in [6.07, 6.45) is 2.33. The van der Waals surface area contributed by atoms with Gasteiger partial charge in [-0.1, -0.05) is 15.9 Å². The highest BCUT2D eigenvalue weighted by Gasteiger charge is 2.21. The summed E-state index contributed by atoms with van der Waals surface area (Å²) in [5, 5.41) is 2.65. The highest BCUT2D eigenvalue weighted by Crippen LogP contribution is 2.19. The topological polar surface area (TPSA) is 32.3 Å². The molecule has 2 rings (SSSR count). The molecule has 20 heavy (non-hydrogen) atoms. The Labute approximate surface area is 125 Å². The number of likely N-dealkylation sites (tertiary alicyclic amines) is 1. The number of halogens is 3. The molecule has 1 aromatic rings. The summed E-state index contributed by atoms with van der Waals surface area (Å²) in [5.74, 6) is -2.43. The minimum Gasteiger partial charge on any atom is -0.348 e. The maximum Gasteiger partial charge on any atom is 0.257 e. The minimum absolute atomic E-state index is 0.150. The van der Waals surface area contributed by atoms with Crippen molar-refractivity contribution < 1.29 is 13.6 Å². The lowest BCUT2D eigenvalue weighted by atomic mass is 10.1. The van der Waals surface area contributed by atoms with Gasteiger partial charge in [0, 0.05) is 17.1 Å². The van der Waals surface area contributed by atoms with Crippen molar-refractivity contribution in [3.63, 3.8) is 0 Å². The third kappa shape index (κ3) is 3.76. The van der Waals surface area contributed by atoms with Crippen LogP contribution in [0.4, 0.5) is 8.78 Å². The van der Waals surface area contributed by atoms with Crippen molar-refractivity contribution in [1.82, 2.24) is 10.2 Å². The van der Waals surface area contributed by atoms with Gasteiger partial charge in [-0.25, -0.2) is 8.78 Å². The standard InChI is InChI=1S/C14H17BrF2N2O/c1-9(8-19-4-2-3-5-19)18-14(20)13-11(16)6-10(15)7-12(13)17/h6-7,9H,2-5,8H2,1H3,(H,18,20). The molecule has 1 aliphatic rings. The van der Waals surface area contributed by atoms with E-state index in [-0.39, 0.29) is 10.5 Å². The molecule has 0 aromatic heterocycles. The minimum atomic E-state index is -0.859. The molecule has 110 valence electrons. The van der Waals surface area contributed by atoms with E-state index in [1.807, 2.05) is 6.92 Å². The fraction of sp³-hybridized carbons (Fsp3) is 0.500. The van der Waals surface area contributed by atoms with Crippen molar-refractivity contribution in [3.8, 4) is 0 Å². The second kappa shape index (κ2) is 6.63. The molecule has 1 N–H and O–H groups in total. The first kappa shape index (κ1) is 15.4. The van der Waals surface area contributed by atoms with Crippen LogP contribution in [-0.2, 0) is 0 Å². The van der Waals surface area contributed by atoms with E-state index in [1.54, 1.807) is 0 Å². The average Bonchev–Trinajstić information content (AvgIpc) is 2.79. The van der Waals surface area contributed by atoms with Gasteiger partial charge in [-0.3, -0.25) is 4.79 Å². The van der Waals surface area contributed by atoms with Crippen LogP contribution in [0.2, 0.25) is 0 Å². The lowest BCUT2D eigenvalue weighted by Gasteiger charge is -2.21. The maximum absolute atomic E-state index is 13.7. The number of carbonyl (C=O) groups is 1. The Balaban J connectivity index is 2.00. The smallest absolute Gasteiger partial charge is 0.257 e.